The van der Waals surface area contributed by atoms with Crippen molar-refractivity contribution in [3.8, 4) is 0 Å². The molecule has 0 atom stereocenters. The average molecular weight is 295 g/mol. The monoisotopic (exact) mass is 294 g/mol. The standard InChI is InChI=1S/C17H27ClN2/c1-4-5-13-6-9-15(10-7-13)19-16-12-14(18)8-11-17(16)20(2)3/h8,11-13,15,19H,4-7,9-10H2,1-3H3. The van der Waals surface area contributed by atoms with E-state index in [0.717, 1.165) is 10.9 Å². The van der Waals surface area contributed by atoms with Gasteiger partial charge in [-0.05, 0) is 49.8 Å². The fourth-order valence-corrected chi connectivity index (χ4v) is 3.41. The van der Waals surface area contributed by atoms with Crippen molar-refractivity contribution in [3.05, 3.63) is 23.2 Å². The maximum Gasteiger partial charge on any atom is 0.0597 e. The summed E-state index contributed by atoms with van der Waals surface area (Å²) in [6, 6.07) is 6.70. The molecular formula is C17H27ClN2. The van der Waals surface area contributed by atoms with E-state index >= 15 is 0 Å². The first-order valence-corrected chi connectivity index (χ1v) is 8.21. The molecule has 0 amide bonds. The summed E-state index contributed by atoms with van der Waals surface area (Å²) >= 11 is 6.15. The van der Waals surface area contributed by atoms with Crippen LogP contribution in [0.4, 0.5) is 11.4 Å². The molecule has 0 spiro atoms. The quantitative estimate of drug-likeness (QED) is 0.805. The summed E-state index contributed by atoms with van der Waals surface area (Å²) in [6.45, 7) is 2.29. The molecule has 0 radical (unpaired) electrons. The summed E-state index contributed by atoms with van der Waals surface area (Å²) < 4.78 is 0. The third-order valence-corrected chi connectivity index (χ3v) is 4.58. The Bertz CT molecular complexity index is 423. The number of anilines is 2. The molecule has 112 valence electrons. The molecule has 0 saturated heterocycles. The van der Waals surface area contributed by atoms with Gasteiger partial charge in [-0.15, -0.1) is 0 Å². The van der Waals surface area contributed by atoms with Crippen molar-refractivity contribution in [2.45, 2.75) is 51.5 Å². The van der Waals surface area contributed by atoms with Gasteiger partial charge in [-0.2, -0.15) is 0 Å². The molecule has 2 nitrogen and oxygen atoms in total. The van der Waals surface area contributed by atoms with Gasteiger partial charge in [-0.1, -0.05) is 31.4 Å². The van der Waals surface area contributed by atoms with Gasteiger partial charge in [-0.3, -0.25) is 0 Å². The molecule has 1 aliphatic carbocycles. The van der Waals surface area contributed by atoms with Crippen LogP contribution in [0.5, 0.6) is 0 Å². The molecule has 20 heavy (non-hydrogen) atoms. The molecule has 0 aromatic heterocycles. The van der Waals surface area contributed by atoms with Crippen LogP contribution in [0.25, 0.3) is 0 Å². The first kappa shape index (κ1) is 15.5. The third-order valence-electron chi connectivity index (χ3n) is 4.34. The summed E-state index contributed by atoms with van der Waals surface area (Å²) in [6.07, 6.45) is 8.01. The van der Waals surface area contributed by atoms with Crippen LogP contribution in [0.3, 0.4) is 0 Å². The highest BCUT2D eigenvalue weighted by molar-refractivity contribution is 6.31. The highest BCUT2D eigenvalue weighted by Gasteiger charge is 2.21. The average Bonchev–Trinajstić information content (AvgIpc) is 2.41. The Labute approximate surface area is 128 Å². The molecule has 0 bridgehead atoms. The first-order valence-electron chi connectivity index (χ1n) is 7.83. The fourth-order valence-electron chi connectivity index (χ4n) is 3.24. The van der Waals surface area contributed by atoms with Crippen LogP contribution in [0.2, 0.25) is 5.02 Å². The van der Waals surface area contributed by atoms with Crippen LogP contribution < -0.4 is 10.2 Å². The minimum Gasteiger partial charge on any atom is -0.381 e. The van der Waals surface area contributed by atoms with Crippen LogP contribution in [0.1, 0.15) is 45.4 Å². The highest BCUT2D eigenvalue weighted by atomic mass is 35.5. The SMILES string of the molecule is CCCC1CCC(Nc2cc(Cl)ccc2N(C)C)CC1. The molecule has 0 aliphatic heterocycles. The Hall–Kier alpha value is -0.890. The van der Waals surface area contributed by atoms with Crippen LogP contribution in [0.15, 0.2) is 18.2 Å². The van der Waals surface area contributed by atoms with Gasteiger partial charge in [0.2, 0.25) is 0 Å². The van der Waals surface area contributed by atoms with Gasteiger partial charge < -0.3 is 10.2 Å². The van der Waals surface area contributed by atoms with E-state index in [4.69, 9.17) is 11.6 Å². The molecule has 1 N–H and O–H groups in total. The van der Waals surface area contributed by atoms with Gasteiger partial charge in [0.15, 0.2) is 0 Å². The van der Waals surface area contributed by atoms with E-state index < -0.39 is 0 Å². The molecular weight excluding hydrogens is 268 g/mol. The number of rotatable bonds is 5. The van der Waals surface area contributed by atoms with Gasteiger partial charge in [0.1, 0.15) is 0 Å². The Kier molecular flexibility index (Phi) is 5.59. The van der Waals surface area contributed by atoms with Crippen LogP contribution in [-0.4, -0.2) is 20.1 Å². The predicted molar refractivity (Wildman–Crippen MR) is 90.1 cm³/mol. The van der Waals surface area contributed by atoms with Gasteiger partial charge in [0.25, 0.3) is 0 Å². The lowest BCUT2D eigenvalue weighted by Gasteiger charge is -2.31. The highest BCUT2D eigenvalue weighted by Crippen LogP contribution is 2.33. The Morgan fingerprint density at radius 3 is 2.50 bits per heavy atom. The summed E-state index contributed by atoms with van der Waals surface area (Å²) in [5.74, 6) is 0.950. The molecule has 1 aromatic carbocycles. The normalized spacial score (nSPS) is 22.6. The minimum atomic E-state index is 0.597. The van der Waals surface area contributed by atoms with Crippen LogP contribution >= 0.6 is 11.6 Å². The number of nitrogens with zero attached hydrogens (tertiary/aromatic N) is 1. The van der Waals surface area contributed by atoms with Gasteiger partial charge >= 0.3 is 0 Å². The van der Waals surface area contributed by atoms with Crippen molar-refractivity contribution in [3.63, 3.8) is 0 Å². The second kappa shape index (κ2) is 7.21. The second-order valence-electron chi connectivity index (χ2n) is 6.21. The molecule has 3 heteroatoms. The minimum absolute atomic E-state index is 0.597. The largest absolute Gasteiger partial charge is 0.381 e. The molecule has 1 fully saturated rings. The summed E-state index contributed by atoms with van der Waals surface area (Å²) in [5, 5.41) is 4.51. The number of halogens is 1. The van der Waals surface area contributed by atoms with E-state index in [-0.39, 0.29) is 0 Å². The zero-order valence-electron chi connectivity index (χ0n) is 13.0. The van der Waals surface area contributed by atoms with Crippen LogP contribution in [0, 0.1) is 5.92 Å². The Morgan fingerprint density at radius 2 is 1.90 bits per heavy atom. The van der Waals surface area contributed by atoms with Gasteiger partial charge in [-0.25, -0.2) is 0 Å². The van der Waals surface area contributed by atoms with E-state index in [9.17, 15) is 0 Å². The molecule has 0 heterocycles. The topological polar surface area (TPSA) is 15.3 Å². The van der Waals surface area contributed by atoms with E-state index in [2.05, 4.69) is 43.4 Å². The number of nitrogens with one attached hydrogen (secondary N) is 1. The van der Waals surface area contributed by atoms with Crippen molar-refractivity contribution in [1.82, 2.24) is 0 Å². The smallest absolute Gasteiger partial charge is 0.0597 e. The van der Waals surface area contributed by atoms with Crippen molar-refractivity contribution in [1.29, 1.82) is 0 Å². The predicted octanol–water partition coefficient (Wildman–Crippen LogP) is 5.18. The van der Waals surface area contributed by atoms with E-state index in [1.807, 2.05) is 6.07 Å². The maximum absolute atomic E-state index is 6.15. The second-order valence-corrected chi connectivity index (χ2v) is 6.64. The van der Waals surface area contributed by atoms with Gasteiger partial charge in [0.05, 0.1) is 11.4 Å². The zero-order chi connectivity index (χ0) is 14.5. The molecule has 0 unspecified atom stereocenters. The summed E-state index contributed by atoms with van der Waals surface area (Å²) in [7, 11) is 4.15. The molecule has 2 rings (SSSR count). The number of hydrogen-bond donors (Lipinski definition) is 1. The van der Waals surface area contributed by atoms with Crippen molar-refractivity contribution >= 4 is 23.0 Å². The summed E-state index contributed by atoms with van der Waals surface area (Å²) in [4.78, 5) is 2.14. The fraction of sp³-hybridized carbons (Fsp3) is 0.647. The summed E-state index contributed by atoms with van der Waals surface area (Å²) in [5.41, 5.74) is 2.38. The van der Waals surface area contributed by atoms with E-state index in [1.165, 1.54) is 49.9 Å². The molecule has 1 aromatic rings. The lowest BCUT2D eigenvalue weighted by atomic mass is 9.83. The Morgan fingerprint density at radius 1 is 1.20 bits per heavy atom. The van der Waals surface area contributed by atoms with Gasteiger partial charge in [0, 0.05) is 25.2 Å². The third kappa shape index (κ3) is 4.05. The molecule has 1 aliphatic rings. The van der Waals surface area contributed by atoms with Crippen molar-refractivity contribution in [2.24, 2.45) is 5.92 Å². The lowest BCUT2D eigenvalue weighted by molar-refractivity contribution is 0.319. The Balaban J connectivity index is 1.98. The number of benzene rings is 1. The first-order chi connectivity index (χ1) is 9.60. The molecule has 1 saturated carbocycles. The van der Waals surface area contributed by atoms with Crippen molar-refractivity contribution < 1.29 is 0 Å². The van der Waals surface area contributed by atoms with Crippen LogP contribution in [-0.2, 0) is 0 Å². The van der Waals surface area contributed by atoms with E-state index in [1.54, 1.807) is 0 Å². The van der Waals surface area contributed by atoms with Crippen molar-refractivity contribution in [2.75, 3.05) is 24.3 Å². The van der Waals surface area contributed by atoms with E-state index in [0.29, 0.717) is 6.04 Å². The zero-order valence-corrected chi connectivity index (χ0v) is 13.7. The lowest BCUT2D eigenvalue weighted by Crippen LogP contribution is -2.27. The maximum atomic E-state index is 6.15. The number of hydrogen-bond acceptors (Lipinski definition) is 2.